The summed E-state index contributed by atoms with van der Waals surface area (Å²) in [5.74, 6) is -1.85. The lowest BCUT2D eigenvalue weighted by Crippen LogP contribution is -2.25. The highest BCUT2D eigenvalue weighted by Gasteiger charge is 2.44. The molecule has 0 spiro atoms. The van der Waals surface area contributed by atoms with Crippen LogP contribution in [-0.4, -0.2) is 32.0 Å². The lowest BCUT2D eigenvalue weighted by Gasteiger charge is -2.05. The molecule has 0 radical (unpaired) electrons. The lowest BCUT2D eigenvalue weighted by atomic mass is 10.2. The number of H-pyrrole nitrogens is 1. The van der Waals surface area contributed by atoms with Gasteiger partial charge in [-0.3, -0.25) is 10.1 Å². The minimum Gasteiger partial charge on any atom is -0.395 e. The molecular formula is C19H10F5N5O3. The number of hydrogen-bond acceptors (Lipinski definition) is 5. The Morgan fingerprint density at radius 1 is 1.09 bits per heavy atom. The van der Waals surface area contributed by atoms with Crippen molar-refractivity contribution in [3.05, 3.63) is 59.9 Å². The van der Waals surface area contributed by atoms with Gasteiger partial charge in [0.1, 0.15) is 0 Å². The number of ether oxygens (including phenoxy) is 2. The maximum atomic E-state index is 13.5. The summed E-state index contributed by atoms with van der Waals surface area (Å²) in [7, 11) is 0. The quantitative estimate of drug-likeness (QED) is 0.452. The highest BCUT2D eigenvalue weighted by molar-refractivity contribution is 6.05. The number of hydrogen-bond donors (Lipinski definition) is 2. The number of fused-ring (bicyclic) bond motifs is 2. The fraction of sp³-hybridized carbons (Fsp3) is 0.105. The first-order chi connectivity index (χ1) is 15.1. The minimum absolute atomic E-state index is 0.122. The number of para-hydroxylation sites is 1. The van der Waals surface area contributed by atoms with Crippen LogP contribution in [0.2, 0.25) is 0 Å². The van der Waals surface area contributed by atoms with Gasteiger partial charge in [0.15, 0.2) is 17.2 Å². The van der Waals surface area contributed by atoms with E-state index in [1.165, 1.54) is 18.2 Å². The van der Waals surface area contributed by atoms with Gasteiger partial charge in [-0.15, -0.1) is 8.78 Å². The van der Waals surface area contributed by atoms with Crippen LogP contribution in [0.3, 0.4) is 0 Å². The molecule has 1 aliphatic heterocycles. The normalized spacial score (nSPS) is 14.7. The molecular weight excluding hydrogens is 441 g/mol. The third-order valence-electron chi connectivity index (χ3n) is 4.48. The summed E-state index contributed by atoms with van der Waals surface area (Å²) in [5, 5.41) is 5.74. The molecule has 164 valence electrons. The van der Waals surface area contributed by atoms with Crippen LogP contribution in [0.5, 0.6) is 11.5 Å². The van der Waals surface area contributed by atoms with E-state index in [0.29, 0.717) is 5.69 Å². The van der Waals surface area contributed by atoms with Crippen LogP contribution in [0.25, 0.3) is 16.7 Å². The zero-order valence-corrected chi connectivity index (χ0v) is 15.6. The Hall–Kier alpha value is -4.16. The Kier molecular flexibility index (Phi) is 4.12. The molecule has 2 N–H and O–H groups in total. The maximum absolute atomic E-state index is 13.5. The molecule has 0 aliphatic carbocycles. The van der Waals surface area contributed by atoms with Crippen molar-refractivity contribution >= 4 is 22.9 Å². The minimum atomic E-state index is -4.89. The summed E-state index contributed by atoms with van der Waals surface area (Å²) < 4.78 is 76.3. The first-order valence-electron chi connectivity index (χ1n) is 8.92. The van der Waals surface area contributed by atoms with Crippen LogP contribution in [0.4, 0.5) is 27.9 Å². The fourth-order valence-corrected chi connectivity index (χ4v) is 3.15. The monoisotopic (exact) mass is 451 g/mol. The van der Waals surface area contributed by atoms with E-state index in [9.17, 15) is 26.7 Å². The largest absolute Gasteiger partial charge is 0.586 e. The van der Waals surface area contributed by atoms with E-state index in [0.717, 1.165) is 16.9 Å². The predicted molar refractivity (Wildman–Crippen MR) is 98.8 cm³/mol. The number of anilines is 1. The van der Waals surface area contributed by atoms with Gasteiger partial charge in [0.2, 0.25) is 5.95 Å². The molecule has 0 saturated heterocycles. The topological polar surface area (TPSA) is 94.1 Å². The molecule has 13 heteroatoms. The summed E-state index contributed by atoms with van der Waals surface area (Å²) >= 11 is 0. The Labute approximate surface area is 174 Å². The summed E-state index contributed by atoms with van der Waals surface area (Å²) in [6.07, 6.45) is -7.75. The molecule has 0 atom stereocenters. The number of aromatic amines is 1. The Balaban J connectivity index is 1.46. The van der Waals surface area contributed by atoms with E-state index < -0.39 is 29.6 Å². The van der Waals surface area contributed by atoms with Crippen molar-refractivity contribution in [3.63, 3.8) is 0 Å². The van der Waals surface area contributed by atoms with Crippen molar-refractivity contribution in [1.82, 2.24) is 19.7 Å². The first-order valence-corrected chi connectivity index (χ1v) is 8.92. The molecule has 5 rings (SSSR count). The summed E-state index contributed by atoms with van der Waals surface area (Å²) in [6, 6.07) is 10.3. The molecule has 0 unspecified atom stereocenters. The number of carbonyl (C=O) groups excluding carboxylic acids is 1. The summed E-state index contributed by atoms with van der Waals surface area (Å²) in [6.45, 7) is 0. The Morgan fingerprint density at radius 2 is 1.78 bits per heavy atom. The van der Waals surface area contributed by atoms with Crippen LogP contribution in [0.1, 0.15) is 16.1 Å². The number of amides is 1. The molecule has 0 saturated carbocycles. The zero-order valence-electron chi connectivity index (χ0n) is 15.6. The van der Waals surface area contributed by atoms with Gasteiger partial charge in [0.05, 0.1) is 22.3 Å². The number of rotatable bonds is 3. The third kappa shape index (κ3) is 3.46. The van der Waals surface area contributed by atoms with Gasteiger partial charge < -0.3 is 14.5 Å². The van der Waals surface area contributed by atoms with Crippen molar-refractivity contribution in [1.29, 1.82) is 0 Å². The van der Waals surface area contributed by atoms with Crippen LogP contribution in [0, 0.1) is 0 Å². The number of imidazole rings is 1. The van der Waals surface area contributed by atoms with Crippen molar-refractivity contribution in [2.75, 3.05) is 5.32 Å². The first kappa shape index (κ1) is 19.8. The van der Waals surface area contributed by atoms with Crippen LogP contribution in [0.15, 0.2) is 48.7 Å². The number of aromatic nitrogens is 4. The van der Waals surface area contributed by atoms with E-state index in [1.807, 2.05) is 0 Å². The highest BCUT2D eigenvalue weighted by Crippen LogP contribution is 2.43. The molecule has 2 aromatic carbocycles. The van der Waals surface area contributed by atoms with Crippen LogP contribution in [-0.2, 0) is 6.18 Å². The fourth-order valence-electron chi connectivity index (χ4n) is 3.15. The number of alkyl halides is 5. The molecule has 0 fully saturated rings. The van der Waals surface area contributed by atoms with Crippen LogP contribution >= 0.6 is 0 Å². The average molecular weight is 451 g/mol. The van der Waals surface area contributed by atoms with Gasteiger partial charge in [0.25, 0.3) is 5.91 Å². The number of nitrogens with one attached hydrogen (secondary N) is 2. The molecule has 2 aromatic heterocycles. The van der Waals surface area contributed by atoms with Gasteiger partial charge in [-0.05, 0) is 12.1 Å². The summed E-state index contributed by atoms with van der Waals surface area (Å²) in [4.78, 5) is 19.2. The Morgan fingerprint density at radius 3 is 2.47 bits per heavy atom. The molecule has 3 heterocycles. The van der Waals surface area contributed by atoms with E-state index in [1.54, 1.807) is 18.2 Å². The lowest BCUT2D eigenvalue weighted by molar-refractivity contribution is -0.286. The molecule has 0 bridgehead atoms. The number of carbonyl (C=O) groups is 1. The second-order valence-corrected chi connectivity index (χ2v) is 6.69. The Bertz CT molecular complexity index is 1300. The van der Waals surface area contributed by atoms with Crippen molar-refractivity contribution in [2.45, 2.75) is 12.5 Å². The smallest absolute Gasteiger partial charge is 0.395 e. The van der Waals surface area contributed by atoms with Gasteiger partial charge in [-0.2, -0.15) is 18.3 Å². The van der Waals surface area contributed by atoms with E-state index in [4.69, 9.17) is 0 Å². The molecule has 8 nitrogen and oxygen atoms in total. The van der Waals surface area contributed by atoms with Gasteiger partial charge in [0, 0.05) is 18.3 Å². The highest BCUT2D eigenvalue weighted by atomic mass is 19.4. The zero-order chi connectivity index (χ0) is 22.7. The number of halogens is 5. The van der Waals surface area contributed by atoms with Crippen LogP contribution < -0.4 is 14.8 Å². The van der Waals surface area contributed by atoms with Crippen molar-refractivity contribution < 1.29 is 36.2 Å². The van der Waals surface area contributed by atoms with Crippen molar-refractivity contribution in [2.24, 2.45) is 0 Å². The second kappa shape index (κ2) is 6.67. The number of nitrogens with zero attached hydrogens (tertiary/aromatic N) is 3. The second-order valence-electron chi connectivity index (χ2n) is 6.69. The molecule has 1 aliphatic rings. The van der Waals surface area contributed by atoms with E-state index in [-0.39, 0.29) is 28.5 Å². The SMILES string of the molecule is O=C(Nc1nc2cc3c(cc2[nH]1)OC(F)(F)O3)c1cn(-c2ccccc2)nc1C(F)(F)F. The van der Waals surface area contributed by atoms with Gasteiger partial charge in [-0.1, -0.05) is 18.2 Å². The van der Waals surface area contributed by atoms with Gasteiger partial charge in [-0.25, -0.2) is 9.67 Å². The van der Waals surface area contributed by atoms with Crippen molar-refractivity contribution in [3.8, 4) is 17.2 Å². The number of benzene rings is 2. The van der Waals surface area contributed by atoms with E-state index >= 15 is 0 Å². The third-order valence-corrected chi connectivity index (χ3v) is 4.48. The maximum Gasteiger partial charge on any atom is 0.586 e. The standard InChI is InChI=1S/C19H10F5N5O3/c20-18(21,22)15-10(8-29(28-15)9-4-2-1-3-5-9)16(30)27-17-25-11-6-13-14(7-12(11)26-17)32-19(23,24)31-13/h1-8H,(H2,25,26,27,30). The average Bonchev–Trinajstić information content (AvgIpc) is 3.39. The molecule has 32 heavy (non-hydrogen) atoms. The molecule has 1 amide bonds. The summed E-state index contributed by atoms with van der Waals surface area (Å²) in [5.41, 5.74) is -1.46. The molecule has 4 aromatic rings. The van der Waals surface area contributed by atoms with Gasteiger partial charge >= 0.3 is 12.5 Å². The van der Waals surface area contributed by atoms with E-state index in [2.05, 4.69) is 29.9 Å². The predicted octanol–water partition coefficient (Wildman–Crippen LogP) is 4.34.